The van der Waals surface area contributed by atoms with Crippen molar-refractivity contribution in [3.8, 4) is 5.13 Å². The number of ether oxygens (including phenoxy) is 1. The van der Waals surface area contributed by atoms with Crippen LogP contribution in [-0.2, 0) is 16.0 Å². The van der Waals surface area contributed by atoms with Crippen molar-refractivity contribution in [1.82, 2.24) is 9.55 Å². The summed E-state index contributed by atoms with van der Waals surface area (Å²) in [4.78, 5) is 19.1. The van der Waals surface area contributed by atoms with Crippen LogP contribution < -0.4 is 10.2 Å². The molecular formula is C19H20N4O2S. The number of rotatable bonds is 5. The zero-order valence-electron chi connectivity index (χ0n) is 14.3. The van der Waals surface area contributed by atoms with E-state index in [4.69, 9.17) is 4.74 Å². The minimum Gasteiger partial charge on any atom is -0.378 e. The van der Waals surface area contributed by atoms with Crippen LogP contribution in [0.25, 0.3) is 5.13 Å². The van der Waals surface area contributed by atoms with Gasteiger partial charge in [-0.15, -0.1) is 11.3 Å². The maximum absolute atomic E-state index is 12.3. The predicted molar refractivity (Wildman–Crippen MR) is 103 cm³/mol. The van der Waals surface area contributed by atoms with E-state index in [-0.39, 0.29) is 12.3 Å². The standard InChI is InChI=1S/C19H20N4O2S/c24-18(13-16-14-26-19(21-16)23-7-1-2-8-23)20-15-3-5-17(6-4-15)22-9-11-25-12-10-22/h1-8,14H,9-13H2,(H,20,24). The van der Waals surface area contributed by atoms with Gasteiger partial charge in [-0.05, 0) is 36.4 Å². The molecule has 1 fully saturated rings. The first-order valence-corrected chi connectivity index (χ1v) is 9.46. The maximum atomic E-state index is 12.3. The van der Waals surface area contributed by atoms with Crippen molar-refractivity contribution in [3.63, 3.8) is 0 Å². The van der Waals surface area contributed by atoms with Gasteiger partial charge >= 0.3 is 0 Å². The first-order chi connectivity index (χ1) is 12.8. The van der Waals surface area contributed by atoms with Crippen LogP contribution in [0.15, 0.2) is 54.2 Å². The van der Waals surface area contributed by atoms with E-state index < -0.39 is 0 Å². The molecule has 1 aromatic carbocycles. The smallest absolute Gasteiger partial charge is 0.230 e. The van der Waals surface area contributed by atoms with Crippen LogP contribution in [0.3, 0.4) is 0 Å². The number of benzene rings is 1. The molecule has 2 aromatic heterocycles. The highest BCUT2D eigenvalue weighted by atomic mass is 32.1. The highest BCUT2D eigenvalue weighted by molar-refractivity contribution is 7.12. The molecule has 0 bridgehead atoms. The Morgan fingerprint density at radius 1 is 1.15 bits per heavy atom. The Kier molecular flexibility index (Phi) is 4.99. The monoisotopic (exact) mass is 368 g/mol. The number of amides is 1. The topological polar surface area (TPSA) is 59.4 Å². The number of thiazole rings is 1. The number of nitrogens with one attached hydrogen (secondary N) is 1. The van der Waals surface area contributed by atoms with E-state index in [9.17, 15) is 4.79 Å². The Hall–Kier alpha value is -2.64. The molecule has 1 aliphatic rings. The summed E-state index contributed by atoms with van der Waals surface area (Å²) in [7, 11) is 0. The molecule has 1 saturated heterocycles. The van der Waals surface area contributed by atoms with Gasteiger partial charge in [0.2, 0.25) is 5.91 Å². The molecule has 7 heteroatoms. The van der Waals surface area contributed by atoms with Gasteiger partial charge in [-0.1, -0.05) is 0 Å². The largest absolute Gasteiger partial charge is 0.378 e. The second-order valence-electron chi connectivity index (χ2n) is 6.08. The van der Waals surface area contributed by atoms with E-state index in [0.29, 0.717) is 0 Å². The molecule has 0 unspecified atom stereocenters. The van der Waals surface area contributed by atoms with Crippen molar-refractivity contribution in [2.24, 2.45) is 0 Å². The zero-order valence-corrected chi connectivity index (χ0v) is 15.1. The summed E-state index contributed by atoms with van der Waals surface area (Å²) in [6.45, 7) is 3.33. The number of aromatic nitrogens is 2. The highest BCUT2D eigenvalue weighted by Gasteiger charge is 2.12. The van der Waals surface area contributed by atoms with Crippen LogP contribution in [0.1, 0.15) is 5.69 Å². The van der Waals surface area contributed by atoms with Gasteiger partial charge in [0.1, 0.15) is 0 Å². The third-order valence-corrected chi connectivity index (χ3v) is 5.14. The molecular weight excluding hydrogens is 348 g/mol. The Bertz CT molecular complexity index is 852. The Balaban J connectivity index is 1.34. The van der Waals surface area contributed by atoms with Crippen molar-refractivity contribution in [3.05, 3.63) is 59.9 Å². The highest BCUT2D eigenvalue weighted by Crippen LogP contribution is 2.20. The fourth-order valence-corrected chi connectivity index (χ4v) is 3.70. The lowest BCUT2D eigenvalue weighted by molar-refractivity contribution is -0.115. The van der Waals surface area contributed by atoms with Crippen molar-refractivity contribution in [2.75, 3.05) is 36.5 Å². The van der Waals surface area contributed by atoms with Crippen molar-refractivity contribution in [2.45, 2.75) is 6.42 Å². The second-order valence-corrected chi connectivity index (χ2v) is 6.92. The number of carbonyl (C=O) groups excluding carboxylic acids is 1. The molecule has 134 valence electrons. The van der Waals surface area contributed by atoms with Gasteiger partial charge < -0.3 is 19.5 Å². The van der Waals surface area contributed by atoms with Gasteiger partial charge in [0, 0.05) is 42.2 Å². The summed E-state index contributed by atoms with van der Waals surface area (Å²) in [5.74, 6) is -0.0616. The third-order valence-electron chi connectivity index (χ3n) is 4.23. The van der Waals surface area contributed by atoms with Crippen molar-refractivity contribution in [1.29, 1.82) is 0 Å². The summed E-state index contributed by atoms with van der Waals surface area (Å²) in [5, 5.41) is 5.74. The number of morpholine rings is 1. The molecule has 0 radical (unpaired) electrons. The summed E-state index contributed by atoms with van der Waals surface area (Å²) >= 11 is 1.53. The van der Waals surface area contributed by atoms with Crippen LogP contribution in [0.2, 0.25) is 0 Å². The minimum absolute atomic E-state index is 0.0616. The number of hydrogen-bond acceptors (Lipinski definition) is 5. The van der Waals surface area contributed by atoms with E-state index in [1.165, 1.54) is 11.3 Å². The summed E-state index contributed by atoms with van der Waals surface area (Å²) in [6, 6.07) is 11.9. The van der Waals surface area contributed by atoms with E-state index in [1.54, 1.807) is 0 Å². The number of anilines is 2. The normalized spacial score (nSPS) is 14.4. The average molecular weight is 368 g/mol. The first kappa shape index (κ1) is 16.8. The van der Waals surface area contributed by atoms with E-state index in [0.717, 1.165) is 48.5 Å². The lowest BCUT2D eigenvalue weighted by Crippen LogP contribution is -2.36. The molecule has 1 N–H and O–H groups in total. The van der Waals surface area contributed by atoms with Gasteiger partial charge in [0.25, 0.3) is 0 Å². The third kappa shape index (κ3) is 3.95. The van der Waals surface area contributed by atoms with Crippen molar-refractivity contribution >= 4 is 28.6 Å². The Morgan fingerprint density at radius 2 is 1.88 bits per heavy atom. The lowest BCUT2D eigenvalue weighted by atomic mass is 10.2. The molecule has 4 rings (SSSR count). The van der Waals surface area contributed by atoms with Crippen LogP contribution in [0, 0.1) is 0 Å². The molecule has 3 aromatic rings. The average Bonchev–Trinajstić information content (AvgIpc) is 3.35. The molecule has 1 amide bonds. The molecule has 26 heavy (non-hydrogen) atoms. The van der Waals surface area contributed by atoms with Crippen LogP contribution in [0.5, 0.6) is 0 Å². The fraction of sp³-hybridized carbons (Fsp3) is 0.263. The summed E-state index contributed by atoms with van der Waals surface area (Å²) in [5.41, 5.74) is 2.73. The number of nitrogens with zero attached hydrogens (tertiary/aromatic N) is 3. The van der Waals surface area contributed by atoms with Crippen LogP contribution in [-0.4, -0.2) is 41.8 Å². The number of hydrogen-bond donors (Lipinski definition) is 1. The Labute approximate surface area is 156 Å². The molecule has 6 nitrogen and oxygen atoms in total. The van der Waals surface area contributed by atoms with Crippen LogP contribution >= 0.6 is 11.3 Å². The molecule has 0 spiro atoms. The first-order valence-electron chi connectivity index (χ1n) is 8.58. The fourth-order valence-electron chi connectivity index (χ4n) is 2.90. The predicted octanol–water partition coefficient (Wildman–Crippen LogP) is 2.95. The van der Waals surface area contributed by atoms with E-state index in [1.807, 2.05) is 58.7 Å². The molecule has 0 saturated carbocycles. The molecule has 1 aliphatic heterocycles. The van der Waals surface area contributed by atoms with Gasteiger partial charge in [0.05, 0.1) is 25.3 Å². The number of carbonyl (C=O) groups is 1. The molecule has 0 atom stereocenters. The second kappa shape index (κ2) is 7.72. The SMILES string of the molecule is O=C(Cc1csc(-n2cccc2)n1)Nc1ccc(N2CCOCC2)cc1. The Morgan fingerprint density at radius 3 is 2.62 bits per heavy atom. The summed E-state index contributed by atoms with van der Waals surface area (Å²) in [6.07, 6.45) is 4.15. The van der Waals surface area contributed by atoms with Crippen molar-refractivity contribution < 1.29 is 9.53 Å². The van der Waals surface area contributed by atoms with Gasteiger partial charge in [0.15, 0.2) is 5.13 Å². The minimum atomic E-state index is -0.0616. The summed E-state index contributed by atoms with van der Waals surface area (Å²) < 4.78 is 7.32. The van der Waals surface area contributed by atoms with E-state index in [2.05, 4.69) is 15.2 Å². The van der Waals surface area contributed by atoms with Gasteiger partial charge in [-0.25, -0.2) is 4.98 Å². The quantitative estimate of drug-likeness (QED) is 0.752. The molecule has 3 heterocycles. The van der Waals surface area contributed by atoms with Gasteiger partial charge in [-0.3, -0.25) is 4.79 Å². The lowest BCUT2D eigenvalue weighted by Gasteiger charge is -2.28. The van der Waals surface area contributed by atoms with Gasteiger partial charge in [-0.2, -0.15) is 0 Å². The van der Waals surface area contributed by atoms with E-state index >= 15 is 0 Å². The molecule has 0 aliphatic carbocycles. The van der Waals surface area contributed by atoms with Crippen LogP contribution in [0.4, 0.5) is 11.4 Å². The maximum Gasteiger partial charge on any atom is 0.230 e. The zero-order chi connectivity index (χ0) is 17.8.